The van der Waals surface area contributed by atoms with Crippen molar-refractivity contribution >= 4 is 11.7 Å². The van der Waals surface area contributed by atoms with Crippen LogP contribution in [0.25, 0.3) is 0 Å². The van der Waals surface area contributed by atoms with E-state index in [1.807, 2.05) is 6.92 Å². The number of aryl methyl sites for hydroxylation is 1. The first-order valence-corrected chi connectivity index (χ1v) is 7.16. The van der Waals surface area contributed by atoms with Gasteiger partial charge in [-0.15, -0.1) is 0 Å². The molecule has 3 rings (SSSR count). The van der Waals surface area contributed by atoms with Crippen molar-refractivity contribution in [2.75, 3.05) is 18.5 Å². The van der Waals surface area contributed by atoms with E-state index in [2.05, 4.69) is 15.3 Å². The summed E-state index contributed by atoms with van der Waals surface area (Å²) in [7, 11) is 0. The molecule has 1 atom stereocenters. The predicted molar refractivity (Wildman–Crippen MR) is 81.0 cm³/mol. The number of hydrogen-bond acceptors (Lipinski definition) is 5. The Morgan fingerprint density at radius 3 is 3.00 bits per heavy atom. The third-order valence-electron chi connectivity index (χ3n) is 3.30. The van der Waals surface area contributed by atoms with Crippen LogP contribution in [0.4, 0.5) is 5.82 Å². The van der Waals surface area contributed by atoms with Crippen molar-refractivity contribution in [2.45, 2.75) is 19.4 Å². The Morgan fingerprint density at radius 1 is 1.45 bits per heavy atom. The van der Waals surface area contributed by atoms with Gasteiger partial charge in [0.25, 0.3) is 5.91 Å². The fourth-order valence-electron chi connectivity index (χ4n) is 2.06. The lowest BCUT2D eigenvalue weighted by atomic mass is 10.2. The molecule has 3 heterocycles. The van der Waals surface area contributed by atoms with Crippen molar-refractivity contribution in [1.29, 1.82) is 0 Å². The Bertz CT molecular complexity index is 657. The van der Waals surface area contributed by atoms with Crippen LogP contribution in [0, 0.1) is 6.92 Å². The van der Waals surface area contributed by atoms with E-state index in [0.29, 0.717) is 23.9 Å². The van der Waals surface area contributed by atoms with Crippen LogP contribution < -0.4 is 10.1 Å². The van der Waals surface area contributed by atoms with Crippen molar-refractivity contribution < 1.29 is 14.3 Å². The first-order valence-electron chi connectivity index (χ1n) is 7.16. The van der Waals surface area contributed by atoms with E-state index in [9.17, 15) is 4.79 Å². The molecule has 1 aliphatic heterocycles. The number of ether oxygens (including phenoxy) is 2. The summed E-state index contributed by atoms with van der Waals surface area (Å²) in [4.78, 5) is 20.5. The molecular formula is C16H17N3O3. The number of rotatable bonds is 5. The normalized spacial score (nSPS) is 16.7. The van der Waals surface area contributed by atoms with Gasteiger partial charge in [0.05, 0.1) is 6.10 Å². The van der Waals surface area contributed by atoms with Crippen molar-refractivity contribution in [3.05, 3.63) is 47.9 Å². The molecule has 0 radical (unpaired) electrons. The third kappa shape index (κ3) is 3.59. The summed E-state index contributed by atoms with van der Waals surface area (Å²) in [6.07, 6.45) is 2.78. The Hall–Kier alpha value is -2.47. The Balaban J connectivity index is 1.69. The molecule has 0 aromatic carbocycles. The molecule has 6 heteroatoms. The summed E-state index contributed by atoms with van der Waals surface area (Å²) in [5, 5.41) is 2.71. The van der Waals surface area contributed by atoms with E-state index in [0.717, 1.165) is 18.7 Å². The summed E-state index contributed by atoms with van der Waals surface area (Å²) in [5.74, 6) is 0.794. The molecule has 114 valence electrons. The van der Waals surface area contributed by atoms with Crippen LogP contribution >= 0.6 is 0 Å². The first-order chi connectivity index (χ1) is 10.7. The minimum atomic E-state index is -0.313. The Kier molecular flexibility index (Phi) is 4.29. The van der Waals surface area contributed by atoms with E-state index in [4.69, 9.17) is 9.47 Å². The molecule has 1 unspecified atom stereocenters. The lowest BCUT2D eigenvalue weighted by Gasteiger charge is -2.26. The second-order valence-electron chi connectivity index (χ2n) is 5.09. The van der Waals surface area contributed by atoms with Gasteiger partial charge >= 0.3 is 0 Å². The number of amides is 1. The van der Waals surface area contributed by atoms with Gasteiger partial charge in [0.15, 0.2) is 0 Å². The molecule has 0 aliphatic carbocycles. The number of pyridine rings is 2. The molecule has 2 aromatic rings. The Labute approximate surface area is 128 Å². The summed E-state index contributed by atoms with van der Waals surface area (Å²) in [6.45, 7) is 3.11. The number of carbonyl (C=O) groups is 1. The molecule has 1 fully saturated rings. The lowest BCUT2D eigenvalue weighted by molar-refractivity contribution is -0.0721. The van der Waals surface area contributed by atoms with E-state index in [-0.39, 0.29) is 12.0 Å². The van der Waals surface area contributed by atoms with Gasteiger partial charge < -0.3 is 14.8 Å². The maximum atomic E-state index is 12.2. The van der Waals surface area contributed by atoms with Crippen LogP contribution in [0.3, 0.4) is 0 Å². The van der Waals surface area contributed by atoms with Gasteiger partial charge in [0, 0.05) is 37.1 Å². The second-order valence-corrected chi connectivity index (χ2v) is 5.09. The molecule has 1 aliphatic rings. The van der Waals surface area contributed by atoms with Crippen molar-refractivity contribution in [3.8, 4) is 5.75 Å². The largest absolute Gasteiger partial charge is 0.491 e. The maximum Gasteiger partial charge on any atom is 0.275 e. The van der Waals surface area contributed by atoms with E-state index in [1.54, 1.807) is 36.5 Å². The van der Waals surface area contributed by atoms with Crippen LogP contribution in [0.1, 0.15) is 22.6 Å². The van der Waals surface area contributed by atoms with Crippen LogP contribution in [0.2, 0.25) is 0 Å². The van der Waals surface area contributed by atoms with Gasteiger partial charge in [-0.05, 0) is 19.1 Å². The third-order valence-corrected chi connectivity index (χ3v) is 3.30. The average molecular weight is 299 g/mol. The molecule has 2 aromatic heterocycles. The van der Waals surface area contributed by atoms with Gasteiger partial charge in [-0.25, -0.2) is 9.97 Å². The number of carbonyl (C=O) groups excluding carboxylic acids is 1. The predicted octanol–water partition coefficient (Wildman–Crippen LogP) is 2.21. The zero-order valence-electron chi connectivity index (χ0n) is 12.3. The molecule has 0 spiro atoms. The quantitative estimate of drug-likeness (QED) is 0.916. The van der Waals surface area contributed by atoms with E-state index >= 15 is 0 Å². The van der Waals surface area contributed by atoms with Gasteiger partial charge in [-0.1, -0.05) is 6.07 Å². The van der Waals surface area contributed by atoms with Gasteiger partial charge in [0.1, 0.15) is 23.9 Å². The highest BCUT2D eigenvalue weighted by Crippen LogP contribution is 2.18. The van der Waals surface area contributed by atoms with Gasteiger partial charge in [-0.3, -0.25) is 4.79 Å². The first kappa shape index (κ1) is 14.5. The number of nitrogens with zero attached hydrogens (tertiary/aromatic N) is 2. The highest BCUT2D eigenvalue weighted by atomic mass is 16.5. The average Bonchev–Trinajstić information content (AvgIpc) is 2.46. The minimum Gasteiger partial charge on any atom is -0.491 e. The standard InChI is InChI=1S/C16H17N3O3/c1-11-8-13(22-10-12-5-7-21-12)9-14(18-11)16(20)19-15-4-2-3-6-17-15/h2-4,6,8-9,12H,5,7,10H2,1H3,(H,17,19,20). The minimum absolute atomic E-state index is 0.152. The van der Waals surface area contributed by atoms with Crippen LogP contribution in [0.15, 0.2) is 36.5 Å². The maximum absolute atomic E-state index is 12.2. The molecular weight excluding hydrogens is 282 g/mol. The zero-order chi connectivity index (χ0) is 15.4. The smallest absolute Gasteiger partial charge is 0.275 e. The highest BCUT2D eigenvalue weighted by Gasteiger charge is 2.19. The summed E-state index contributed by atoms with van der Waals surface area (Å²) < 4.78 is 11.0. The van der Waals surface area contributed by atoms with Crippen LogP contribution in [-0.2, 0) is 4.74 Å². The molecule has 0 bridgehead atoms. The summed E-state index contributed by atoms with van der Waals surface area (Å²) in [6, 6.07) is 8.74. The second kappa shape index (κ2) is 6.53. The van der Waals surface area contributed by atoms with Crippen LogP contribution in [-0.4, -0.2) is 35.2 Å². The fourth-order valence-corrected chi connectivity index (χ4v) is 2.06. The molecule has 0 saturated carbocycles. The van der Waals surface area contributed by atoms with Crippen molar-refractivity contribution in [2.24, 2.45) is 0 Å². The SMILES string of the molecule is Cc1cc(OCC2CCO2)cc(C(=O)Nc2ccccn2)n1. The van der Waals surface area contributed by atoms with Crippen molar-refractivity contribution in [3.63, 3.8) is 0 Å². The van der Waals surface area contributed by atoms with Gasteiger partial charge in [-0.2, -0.15) is 0 Å². The lowest BCUT2D eigenvalue weighted by Crippen LogP contribution is -2.32. The highest BCUT2D eigenvalue weighted by molar-refractivity contribution is 6.02. The summed E-state index contributed by atoms with van der Waals surface area (Å²) >= 11 is 0. The molecule has 1 amide bonds. The number of anilines is 1. The zero-order valence-corrected chi connectivity index (χ0v) is 12.3. The molecule has 1 N–H and O–H groups in total. The molecule has 1 saturated heterocycles. The number of hydrogen-bond donors (Lipinski definition) is 1. The van der Waals surface area contributed by atoms with Crippen LogP contribution in [0.5, 0.6) is 5.75 Å². The molecule has 6 nitrogen and oxygen atoms in total. The van der Waals surface area contributed by atoms with E-state index in [1.165, 1.54) is 0 Å². The topological polar surface area (TPSA) is 73.3 Å². The molecule has 22 heavy (non-hydrogen) atoms. The van der Waals surface area contributed by atoms with Crippen molar-refractivity contribution in [1.82, 2.24) is 9.97 Å². The van der Waals surface area contributed by atoms with E-state index < -0.39 is 0 Å². The van der Waals surface area contributed by atoms with Gasteiger partial charge in [0.2, 0.25) is 0 Å². The monoisotopic (exact) mass is 299 g/mol. The fraction of sp³-hybridized carbons (Fsp3) is 0.312. The Morgan fingerprint density at radius 2 is 2.32 bits per heavy atom. The summed E-state index contributed by atoms with van der Waals surface area (Å²) in [5.41, 5.74) is 1.02. The number of aromatic nitrogens is 2. The number of nitrogens with one attached hydrogen (secondary N) is 1.